The van der Waals surface area contributed by atoms with Crippen LogP contribution in [0, 0.1) is 6.92 Å². The van der Waals surface area contributed by atoms with Crippen molar-refractivity contribution in [1.29, 1.82) is 0 Å². The zero-order valence-corrected chi connectivity index (χ0v) is 13.9. The molecular formula is C14H14BrClN4O. The molecule has 0 saturated heterocycles. The highest BCUT2D eigenvalue weighted by Crippen LogP contribution is 2.19. The van der Waals surface area contributed by atoms with Crippen LogP contribution in [0.5, 0.6) is 0 Å². The van der Waals surface area contributed by atoms with Crippen LogP contribution in [-0.4, -0.2) is 22.4 Å². The second-order valence-corrected chi connectivity index (χ2v) is 5.67. The third-order valence-electron chi connectivity index (χ3n) is 2.69. The van der Waals surface area contributed by atoms with Gasteiger partial charge in [-0.15, -0.1) is 0 Å². The summed E-state index contributed by atoms with van der Waals surface area (Å²) < 4.78 is 0.861. The Morgan fingerprint density at radius 3 is 2.81 bits per heavy atom. The van der Waals surface area contributed by atoms with Gasteiger partial charge in [-0.25, -0.2) is 9.97 Å². The summed E-state index contributed by atoms with van der Waals surface area (Å²) in [5.74, 6) is 0.799. The Balaban J connectivity index is 2.23. The van der Waals surface area contributed by atoms with Crippen LogP contribution in [0.15, 0.2) is 28.9 Å². The number of rotatable bonds is 4. The minimum atomic E-state index is -0.281. The first kappa shape index (κ1) is 15.7. The van der Waals surface area contributed by atoms with E-state index in [0.29, 0.717) is 23.7 Å². The highest BCUT2D eigenvalue weighted by atomic mass is 79.9. The fraction of sp³-hybridized carbons (Fsp3) is 0.214. The highest BCUT2D eigenvalue weighted by molar-refractivity contribution is 9.10. The SMILES string of the molecule is CCNc1cc(C(=O)Nc2ncc(Br)cc2C)cc(Cl)n1. The molecule has 2 N–H and O–H groups in total. The second-order valence-electron chi connectivity index (χ2n) is 4.37. The van der Waals surface area contributed by atoms with Gasteiger partial charge in [0, 0.05) is 22.8 Å². The van der Waals surface area contributed by atoms with Gasteiger partial charge in [-0.3, -0.25) is 4.79 Å². The largest absolute Gasteiger partial charge is 0.370 e. The first-order valence-corrected chi connectivity index (χ1v) is 7.51. The summed E-state index contributed by atoms with van der Waals surface area (Å²) >= 11 is 9.27. The quantitative estimate of drug-likeness (QED) is 0.803. The third-order valence-corrected chi connectivity index (χ3v) is 3.32. The predicted octanol–water partition coefficient (Wildman–Crippen LogP) is 3.89. The van der Waals surface area contributed by atoms with Crippen LogP contribution in [0.1, 0.15) is 22.8 Å². The number of hydrogen-bond acceptors (Lipinski definition) is 4. The molecule has 2 rings (SSSR count). The Morgan fingerprint density at radius 2 is 2.14 bits per heavy atom. The van der Waals surface area contributed by atoms with E-state index in [1.165, 1.54) is 6.07 Å². The molecule has 0 unspecified atom stereocenters. The number of amides is 1. The molecule has 2 aromatic rings. The Labute approximate surface area is 136 Å². The lowest BCUT2D eigenvalue weighted by molar-refractivity contribution is 0.102. The molecule has 0 radical (unpaired) electrons. The molecular weight excluding hydrogens is 356 g/mol. The van der Waals surface area contributed by atoms with Crippen molar-refractivity contribution in [2.24, 2.45) is 0 Å². The fourth-order valence-corrected chi connectivity index (χ4v) is 2.41. The monoisotopic (exact) mass is 368 g/mol. The number of nitrogens with zero attached hydrogens (tertiary/aromatic N) is 2. The molecule has 0 atom stereocenters. The Hall–Kier alpha value is -1.66. The van der Waals surface area contributed by atoms with Gasteiger partial charge in [-0.1, -0.05) is 11.6 Å². The molecule has 0 aliphatic carbocycles. The number of pyridine rings is 2. The van der Waals surface area contributed by atoms with Crippen molar-refractivity contribution in [2.45, 2.75) is 13.8 Å². The maximum Gasteiger partial charge on any atom is 0.257 e. The lowest BCUT2D eigenvalue weighted by Gasteiger charge is -2.09. The summed E-state index contributed by atoms with van der Waals surface area (Å²) in [6, 6.07) is 5.05. The van der Waals surface area contributed by atoms with E-state index in [9.17, 15) is 4.79 Å². The van der Waals surface area contributed by atoms with Crippen molar-refractivity contribution in [3.63, 3.8) is 0 Å². The zero-order valence-electron chi connectivity index (χ0n) is 11.6. The average Bonchev–Trinajstić information content (AvgIpc) is 2.41. The van der Waals surface area contributed by atoms with E-state index in [4.69, 9.17) is 11.6 Å². The number of carbonyl (C=O) groups is 1. The maximum absolute atomic E-state index is 12.3. The lowest BCUT2D eigenvalue weighted by atomic mass is 10.2. The molecule has 0 aliphatic heterocycles. The van der Waals surface area contributed by atoms with Gasteiger partial charge in [0.15, 0.2) is 0 Å². The van der Waals surface area contributed by atoms with Gasteiger partial charge in [-0.05, 0) is 53.5 Å². The fourth-order valence-electron chi connectivity index (χ4n) is 1.75. The second kappa shape index (κ2) is 6.87. The van der Waals surface area contributed by atoms with Crippen LogP contribution in [0.25, 0.3) is 0 Å². The molecule has 0 saturated carbocycles. The first-order chi connectivity index (χ1) is 9.99. The third kappa shape index (κ3) is 4.15. The van der Waals surface area contributed by atoms with E-state index >= 15 is 0 Å². The smallest absolute Gasteiger partial charge is 0.257 e. The van der Waals surface area contributed by atoms with Crippen molar-refractivity contribution >= 4 is 45.1 Å². The standard InChI is InChI=1S/C14H14BrClN4O/c1-3-17-12-6-9(5-11(16)19-12)14(21)20-13-8(2)4-10(15)7-18-13/h4-7H,3H2,1-2H3,(H,17,19)(H,18,20,21). The first-order valence-electron chi connectivity index (χ1n) is 6.34. The molecule has 0 bridgehead atoms. The van der Waals surface area contributed by atoms with Gasteiger partial charge in [-0.2, -0.15) is 0 Å². The van der Waals surface area contributed by atoms with E-state index in [0.717, 1.165) is 10.0 Å². The number of carbonyl (C=O) groups excluding carboxylic acids is 1. The summed E-state index contributed by atoms with van der Waals surface area (Å²) in [6.07, 6.45) is 1.63. The van der Waals surface area contributed by atoms with E-state index in [2.05, 4.69) is 36.5 Å². The summed E-state index contributed by atoms with van der Waals surface area (Å²) in [5, 5.41) is 6.06. The van der Waals surface area contributed by atoms with Crippen molar-refractivity contribution in [1.82, 2.24) is 9.97 Å². The van der Waals surface area contributed by atoms with E-state index in [1.54, 1.807) is 12.3 Å². The summed E-state index contributed by atoms with van der Waals surface area (Å²) in [6.45, 7) is 4.51. The molecule has 2 heterocycles. The number of hydrogen-bond donors (Lipinski definition) is 2. The van der Waals surface area contributed by atoms with Crippen molar-refractivity contribution in [2.75, 3.05) is 17.2 Å². The number of halogens is 2. The Kier molecular flexibility index (Phi) is 5.14. The predicted molar refractivity (Wildman–Crippen MR) is 88.0 cm³/mol. The van der Waals surface area contributed by atoms with Gasteiger partial charge >= 0.3 is 0 Å². The Bertz CT molecular complexity index is 678. The van der Waals surface area contributed by atoms with Gasteiger partial charge in [0.05, 0.1) is 0 Å². The molecule has 21 heavy (non-hydrogen) atoms. The van der Waals surface area contributed by atoms with Crippen LogP contribution in [-0.2, 0) is 0 Å². The molecule has 5 nitrogen and oxygen atoms in total. The number of aryl methyl sites for hydroxylation is 1. The maximum atomic E-state index is 12.3. The molecule has 2 aromatic heterocycles. The molecule has 0 spiro atoms. The number of nitrogens with one attached hydrogen (secondary N) is 2. The van der Waals surface area contributed by atoms with Crippen molar-refractivity contribution in [3.05, 3.63) is 45.1 Å². The average molecular weight is 370 g/mol. The summed E-state index contributed by atoms with van der Waals surface area (Å²) in [7, 11) is 0. The van der Waals surface area contributed by atoms with E-state index in [1.807, 2.05) is 19.9 Å². The van der Waals surface area contributed by atoms with E-state index in [-0.39, 0.29) is 11.1 Å². The van der Waals surface area contributed by atoms with Crippen LogP contribution in [0.3, 0.4) is 0 Å². The number of aromatic nitrogens is 2. The highest BCUT2D eigenvalue weighted by Gasteiger charge is 2.11. The topological polar surface area (TPSA) is 66.9 Å². The van der Waals surface area contributed by atoms with Crippen LogP contribution >= 0.6 is 27.5 Å². The van der Waals surface area contributed by atoms with Crippen molar-refractivity contribution in [3.8, 4) is 0 Å². The lowest BCUT2D eigenvalue weighted by Crippen LogP contribution is -2.15. The van der Waals surface area contributed by atoms with Crippen molar-refractivity contribution < 1.29 is 4.79 Å². The molecule has 0 fully saturated rings. The van der Waals surface area contributed by atoms with Gasteiger partial charge in [0.25, 0.3) is 5.91 Å². The minimum absolute atomic E-state index is 0.263. The molecule has 0 aliphatic rings. The van der Waals surface area contributed by atoms with Gasteiger partial charge in [0.2, 0.25) is 0 Å². The van der Waals surface area contributed by atoms with Crippen LogP contribution in [0.4, 0.5) is 11.6 Å². The number of anilines is 2. The van der Waals surface area contributed by atoms with E-state index < -0.39 is 0 Å². The Morgan fingerprint density at radius 1 is 1.38 bits per heavy atom. The van der Waals surface area contributed by atoms with Gasteiger partial charge in [0.1, 0.15) is 16.8 Å². The minimum Gasteiger partial charge on any atom is -0.370 e. The molecule has 0 aromatic carbocycles. The molecule has 7 heteroatoms. The summed E-state index contributed by atoms with van der Waals surface area (Å²) in [4.78, 5) is 20.6. The summed E-state index contributed by atoms with van der Waals surface area (Å²) in [5.41, 5.74) is 1.29. The normalized spacial score (nSPS) is 10.3. The van der Waals surface area contributed by atoms with Crippen LogP contribution in [0.2, 0.25) is 5.15 Å². The molecule has 1 amide bonds. The van der Waals surface area contributed by atoms with Gasteiger partial charge < -0.3 is 10.6 Å². The molecule has 110 valence electrons. The zero-order chi connectivity index (χ0) is 15.4. The van der Waals surface area contributed by atoms with Crippen LogP contribution < -0.4 is 10.6 Å².